The lowest BCUT2D eigenvalue weighted by molar-refractivity contribution is -0.146. The molecule has 0 aliphatic carbocycles. The van der Waals surface area contributed by atoms with Crippen LogP contribution in [0.1, 0.15) is 64.2 Å². The summed E-state index contributed by atoms with van der Waals surface area (Å²) in [5.41, 5.74) is 3.09. The van der Waals surface area contributed by atoms with Gasteiger partial charge in [-0.1, -0.05) is 58.0 Å². The zero-order valence-electron chi connectivity index (χ0n) is 20.2. The van der Waals surface area contributed by atoms with Gasteiger partial charge in [-0.15, -0.1) is 0 Å². The highest BCUT2D eigenvalue weighted by molar-refractivity contribution is 5.97. The molecule has 0 atom stereocenters. The fourth-order valence-corrected chi connectivity index (χ4v) is 4.27. The first-order valence-corrected chi connectivity index (χ1v) is 11.4. The van der Waals surface area contributed by atoms with E-state index in [4.69, 9.17) is 9.47 Å². The molecular formula is C27H39NO3. The van der Waals surface area contributed by atoms with Crippen LogP contribution in [0, 0.1) is 25.7 Å². The molecule has 0 fully saturated rings. The molecule has 0 aliphatic heterocycles. The third-order valence-corrected chi connectivity index (χ3v) is 5.25. The fraction of sp³-hybridized carbons (Fsp3) is 0.519. The van der Waals surface area contributed by atoms with Gasteiger partial charge in [0.05, 0.1) is 0 Å². The normalized spacial score (nSPS) is 11.8. The lowest BCUT2D eigenvalue weighted by Gasteiger charge is -2.35. The van der Waals surface area contributed by atoms with Gasteiger partial charge in [-0.2, -0.15) is 0 Å². The van der Waals surface area contributed by atoms with Crippen molar-refractivity contribution in [3.8, 4) is 5.75 Å². The van der Waals surface area contributed by atoms with Crippen LogP contribution in [-0.2, 0) is 16.1 Å². The summed E-state index contributed by atoms with van der Waals surface area (Å²) >= 11 is 0. The van der Waals surface area contributed by atoms with E-state index in [1.54, 1.807) is 0 Å². The van der Waals surface area contributed by atoms with Gasteiger partial charge < -0.3 is 14.8 Å². The first-order valence-electron chi connectivity index (χ1n) is 11.4. The summed E-state index contributed by atoms with van der Waals surface area (Å²) in [4.78, 5) is 13.4. The molecule has 0 aromatic heterocycles. The van der Waals surface area contributed by atoms with Crippen molar-refractivity contribution in [1.82, 2.24) is 0 Å². The van der Waals surface area contributed by atoms with Crippen LogP contribution in [-0.4, -0.2) is 18.1 Å². The first kappa shape index (κ1) is 24.9. The van der Waals surface area contributed by atoms with Gasteiger partial charge >= 0.3 is 0 Å². The molecule has 0 radical (unpaired) electrons. The maximum absolute atomic E-state index is 13.4. The number of benzene rings is 2. The zero-order valence-corrected chi connectivity index (χ0v) is 20.2. The summed E-state index contributed by atoms with van der Waals surface area (Å²) in [6.07, 6.45) is 1.39. The minimum Gasteiger partial charge on any atom is -0.488 e. The van der Waals surface area contributed by atoms with Crippen LogP contribution in [0.5, 0.6) is 5.75 Å². The van der Waals surface area contributed by atoms with Crippen molar-refractivity contribution in [2.45, 2.75) is 73.5 Å². The number of aryl methyl sites for hydroxylation is 2. The van der Waals surface area contributed by atoms with Crippen LogP contribution in [0.4, 0.5) is 5.69 Å². The smallest absolute Gasteiger partial charge is 0.256 e. The van der Waals surface area contributed by atoms with Gasteiger partial charge in [-0.3, -0.25) is 4.79 Å². The van der Waals surface area contributed by atoms with Crippen LogP contribution < -0.4 is 10.1 Å². The van der Waals surface area contributed by atoms with E-state index in [9.17, 15) is 4.79 Å². The zero-order chi connectivity index (χ0) is 23.0. The number of amides is 1. The van der Waals surface area contributed by atoms with Crippen LogP contribution in [0.3, 0.4) is 0 Å². The molecule has 2 rings (SSSR count). The van der Waals surface area contributed by atoms with E-state index in [0.717, 1.165) is 28.1 Å². The lowest BCUT2D eigenvalue weighted by atomic mass is 9.83. The second-order valence-electron chi connectivity index (χ2n) is 9.29. The van der Waals surface area contributed by atoms with Gasteiger partial charge in [0.1, 0.15) is 18.0 Å². The number of rotatable bonds is 11. The number of anilines is 1. The average Bonchev–Trinajstić information content (AvgIpc) is 2.67. The minimum absolute atomic E-state index is 0.0616. The van der Waals surface area contributed by atoms with Gasteiger partial charge in [-0.05, 0) is 74.3 Å². The molecule has 2 aromatic carbocycles. The Morgan fingerprint density at radius 3 is 2.00 bits per heavy atom. The molecule has 0 saturated carbocycles. The molecule has 2 aromatic rings. The van der Waals surface area contributed by atoms with Crippen LogP contribution in [0.2, 0.25) is 0 Å². The molecule has 4 heteroatoms. The molecule has 0 heterocycles. The predicted octanol–water partition coefficient (Wildman–Crippen LogP) is 6.69. The van der Waals surface area contributed by atoms with Gasteiger partial charge in [0.2, 0.25) is 0 Å². The summed E-state index contributed by atoms with van der Waals surface area (Å²) in [5, 5.41) is 3.14. The molecule has 0 spiro atoms. The largest absolute Gasteiger partial charge is 0.488 e. The predicted molar refractivity (Wildman–Crippen MR) is 129 cm³/mol. The van der Waals surface area contributed by atoms with Crippen LogP contribution >= 0.6 is 0 Å². The maximum atomic E-state index is 13.4. The molecule has 0 saturated heterocycles. The number of ether oxygens (including phenoxy) is 2. The number of hydrogen-bond acceptors (Lipinski definition) is 3. The number of hydrogen-bond donors (Lipinski definition) is 1. The van der Waals surface area contributed by atoms with Gasteiger partial charge in [-0.25, -0.2) is 0 Å². The topological polar surface area (TPSA) is 47.6 Å². The number of carbonyl (C=O) groups excluding carboxylic acids is 1. The van der Waals surface area contributed by atoms with E-state index in [0.29, 0.717) is 37.9 Å². The van der Waals surface area contributed by atoms with E-state index >= 15 is 0 Å². The highest BCUT2D eigenvalue weighted by Crippen LogP contribution is 2.33. The van der Waals surface area contributed by atoms with Crippen LogP contribution in [0.15, 0.2) is 42.5 Å². The van der Waals surface area contributed by atoms with Gasteiger partial charge in [0.15, 0.2) is 0 Å². The summed E-state index contributed by atoms with van der Waals surface area (Å²) in [6.45, 7) is 15.5. The van der Waals surface area contributed by atoms with E-state index < -0.39 is 5.60 Å². The number of nitrogens with one attached hydrogen (secondary N) is 1. The maximum Gasteiger partial charge on any atom is 0.256 e. The Morgan fingerprint density at radius 2 is 1.52 bits per heavy atom. The third-order valence-electron chi connectivity index (χ3n) is 5.25. The summed E-state index contributed by atoms with van der Waals surface area (Å²) in [6, 6.07) is 14.1. The fourth-order valence-electron chi connectivity index (χ4n) is 4.27. The summed E-state index contributed by atoms with van der Waals surface area (Å²) < 4.78 is 12.2. The Balaban J connectivity index is 2.22. The molecule has 4 nitrogen and oxygen atoms in total. The second-order valence-corrected chi connectivity index (χ2v) is 9.29. The highest BCUT2D eigenvalue weighted by atomic mass is 16.5. The number of carbonyl (C=O) groups is 1. The molecule has 0 aliphatic rings. The Kier molecular flexibility index (Phi) is 9.12. The molecular weight excluding hydrogens is 386 g/mol. The molecule has 170 valence electrons. The van der Waals surface area contributed by atoms with E-state index in [1.807, 2.05) is 51.1 Å². The van der Waals surface area contributed by atoms with Gasteiger partial charge in [0.25, 0.3) is 5.91 Å². The Labute approximate surface area is 188 Å². The Bertz CT molecular complexity index is 810. The monoisotopic (exact) mass is 425 g/mol. The van der Waals surface area contributed by atoms with Crippen molar-refractivity contribution in [3.05, 3.63) is 59.2 Å². The van der Waals surface area contributed by atoms with Crippen molar-refractivity contribution in [2.75, 3.05) is 11.9 Å². The average molecular weight is 426 g/mol. The molecule has 1 amide bonds. The molecule has 0 unspecified atom stereocenters. The standard InChI is InChI=1S/C27H39NO3/c1-8-31-27(16-19(2)3,17-20(4)5)26(29)28-24-14-21(6)25(22(7)15-24)30-18-23-12-10-9-11-13-23/h9-15,19-20H,8,16-18H2,1-7H3,(H,28,29). The lowest BCUT2D eigenvalue weighted by Crippen LogP contribution is -2.47. The SMILES string of the molecule is CCOC(CC(C)C)(CC(C)C)C(=O)Nc1cc(C)c(OCc2ccccc2)c(C)c1. The summed E-state index contributed by atoms with van der Waals surface area (Å²) in [5.74, 6) is 1.51. The van der Waals surface area contributed by atoms with Crippen molar-refractivity contribution in [1.29, 1.82) is 0 Å². The minimum atomic E-state index is -0.818. The quantitative estimate of drug-likeness (QED) is 0.436. The van der Waals surface area contributed by atoms with E-state index in [-0.39, 0.29) is 5.91 Å². The third kappa shape index (κ3) is 7.10. The molecule has 31 heavy (non-hydrogen) atoms. The highest BCUT2D eigenvalue weighted by Gasteiger charge is 2.40. The Hall–Kier alpha value is -2.33. The molecule has 0 bridgehead atoms. The van der Waals surface area contributed by atoms with E-state index in [2.05, 4.69) is 45.1 Å². The van der Waals surface area contributed by atoms with Crippen LogP contribution in [0.25, 0.3) is 0 Å². The second kappa shape index (κ2) is 11.3. The van der Waals surface area contributed by atoms with Crippen molar-refractivity contribution < 1.29 is 14.3 Å². The van der Waals surface area contributed by atoms with Gasteiger partial charge in [0, 0.05) is 12.3 Å². The van der Waals surface area contributed by atoms with Crippen molar-refractivity contribution >= 4 is 11.6 Å². The van der Waals surface area contributed by atoms with Crippen molar-refractivity contribution in [2.24, 2.45) is 11.8 Å². The first-order chi connectivity index (χ1) is 14.7. The Morgan fingerprint density at radius 1 is 0.968 bits per heavy atom. The molecule has 1 N–H and O–H groups in total. The van der Waals surface area contributed by atoms with Crippen molar-refractivity contribution in [3.63, 3.8) is 0 Å². The van der Waals surface area contributed by atoms with E-state index in [1.165, 1.54) is 0 Å². The summed E-state index contributed by atoms with van der Waals surface area (Å²) in [7, 11) is 0.